The van der Waals surface area contributed by atoms with Crippen molar-refractivity contribution in [3.63, 3.8) is 0 Å². The Kier molecular flexibility index (Phi) is 5.25. The van der Waals surface area contributed by atoms with Crippen LogP contribution >= 0.6 is 0 Å². The molecule has 19 heavy (non-hydrogen) atoms. The lowest BCUT2D eigenvalue weighted by atomic mass is 10.1. The molecule has 104 valence electrons. The zero-order chi connectivity index (χ0) is 14.4. The van der Waals surface area contributed by atoms with Crippen LogP contribution in [0.1, 0.15) is 23.7 Å². The number of carbonyl (C=O) groups excluding carboxylic acids is 1. The molecule has 0 aliphatic heterocycles. The van der Waals surface area contributed by atoms with E-state index in [1.54, 1.807) is 0 Å². The lowest BCUT2D eigenvalue weighted by molar-refractivity contribution is -0.384. The summed E-state index contributed by atoms with van der Waals surface area (Å²) >= 11 is 0. The Morgan fingerprint density at radius 1 is 1.58 bits per heavy atom. The highest BCUT2D eigenvalue weighted by molar-refractivity contribution is 5.91. The van der Waals surface area contributed by atoms with Gasteiger partial charge in [-0.15, -0.1) is 0 Å². The molecule has 1 atom stereocenters. The van der Waals surface area contributed by atoms with E-state index in [0.29, 0.717) is 6.42 Å². The van der Waals surface area contributed by atoms with Crippen LogP contribution in [0, 0.1) is 10.1 Å². The molecular formula is C12H16N2O5. The number of hydrogen-bond acceptors (Lipinski definition) is 6. The predicted octanol–water partition coefficient (Wildman–Crippen LogP) is 1.56. The van der Waals surface area contributed by atoms with Crippen molar-refractivity contribution in [3.05, 3.63) is 33.9 Å². The number of carbonyl (C=O) groups is 1. The number of nitrogens with one attached hydrogen (secondary N) is 1. The van der Waals surface area contributed by atoms with Crippen LogP contribution in [0.15, 0.2) is 18.2 Å². The van der Waals surface area contributed by atoms with Gasteiger partial charge in [0.05, 0.1) is 24.2 Å². The van der Waals surface area contributed by atoms with Crippen molar-refractivity contribution in [3.8, 4) is 0 Å². The first kappa shape index (κ1) is 14.9. The van der Waals surface area contributed by atoms with Gasteiger partial charge in [-0.05, 0) is 18.6 Å². The summed E-state index contributed by atoms with van der Waals surface area (Å²) in [6, 6.07) is 3.60. The fraction of sp³-hybridized carbons (Fsp3) is 0.417. The van der Waals surface area contributed by atoms with Gasteiger partial charge < -0.3 is 15.2 Å². The number of aliphatic hydroxyl groups excluding tert-OH is 1. The Morgan fingerprint density at radius 2 is 2.26 bits per heavy atom. The summed E-state index contributed by atoms with van der Waals surface area (Å²) in [7, 11) is 1.24. The smallest absolute Gasteiger partial charge is 0.337 e. The minimum absolute atomic E-state index is 0.153. The average molecular weight is 268 g/mol. The third-order valence-corrected chi connectivity index (χ3v) is 2.69. The third-order valence-electron chi connectivity index (χ3n) is 2.69. The first-order valence-corrected chi connectivity index (χ1v) is 5.77. The van der Waals surface area contributed by atoms with Crippen molar-refractivity contribution in [2.24, 2.45) is 0 Å². The van der Waals surface area contributed by atoms with Gasteiger partial charge in [0.15, 0.2) is 0 Å². The summed E-state index contributed by atoms with van der Waals surface area (Å²) in [5.41, 5.74) is 0.247. The molecule has 0 fully saturated rings. The number of esters is 1. The molecular weight excluding hydrogens is 252 g/mol. The van der Waals surface area contributed by atoms with Crippen LogP contribution in [-0.2, 0) is 4.74 Å². The first-order chi connectivity index (χ1) is 9.03. The van der Waals surface area contributed by atoms with Gasteiger partial charge in [0.25, 0.3) is 5.69 Å². The van der Waals surface area contributed by atoms with E-state index in [9.17, 15) is 14.9 Å². The van der Waals surface area contributed by atoms with Gasteiger partial charge in [0, 0.05) is 12.1 Å². The minimum atomic E-state index is -0.574. The fourth-order valence-electron chi connectivity index (χ4n) is 1.55. The number of nitrogens with zero attached hydrogens (tertiary/aromatic N) is 1. The Morgan fingerprint density at radius 3 is 2.74 bits per heavy atom. The van der Waals surface area contributed by atoms with Crippen LogP contribution in [0.3, 0.4) is 0 Å². The number of aliphatic hydroxyl groups is 1. The molecule has 1 aromatic carbocycles. The molecule has 2 N–H and O–H groups in total. The number of nitro groups is 1. The summed E-state index contributed by atoms with van der Waals surface area (Å²) in [6.45, 7) is 1.68. The molecule has 7 nitrogen and oxygen atoms in total. The van der Waals surface area contributed by atoms with Crippen LogP contribution in [0.2, 0.25) is 0 Å². The minimum Gasteiger partial charge on any atom is -0.465 e. The van der Waals surface area contributed by atoms with Gasteiger partial charge in [-0.1, -0.05) is 6.92 Å². The van der Waals surface area contributed by atoms with E-state index in [1.807, 2.05) is 6.92 Å². The molecule has 0 aliphatic rings. The normalized spacial score (nSPS) is 11.7. The van der Waals surface area contributed by atoms with E-state index in [2.05, 4.69) is 10.1 Å². The monoisotopic (exact) mass is 268 g/mol. The van der Waals surface area contributed by atoms with Gasteiger partial charge in [-0.2, -0.15) is 0 Å². The topological polar surface area (TPSA) is 102 Å². The molecule has 0 heterocycles. The van der Waals surface area contributed by atoms with Gasteiger partial charge >= 0.3 is 5.97 Å². The molecule has 0 saturated carbocycles. The van der Waals surface area contributed by atoms with Crippen molar-refractivity contribution in [1.82, 2.24) is 0 Å². The van der Waals surface area contributed by atoms with Gasteiger partial charge in [-0.3, -0.25) is 10.1 Å². The van der Waals surface area contributed by atoms with Crippen LogP contribution < -0.4 is 5.32 Å². The maximum atomic E-state index is 11.4. The molecule has 0 aromatic heterocycles. The largest absolute Gasteiger partial charge is 0.465 e. The molecule has 0 aliphatic carbocycles. The molecule has 0 spiro atoms. The zero-order valence-electron chi connectivity index (χ0n) is 10.8. The Bertz CT molecular complexity index is 471. The molecule has 1 aromatic rings. The number of methoxy groups -OCH3 is 1. The van der Waals surface area contributed by atoms with Gasteiger partial charge in [0.2, 0.25) is 0 Å². The van der Waals surface area contributed by atoms with E-state index in [0.717, 1.165) is 0 Å². The van der Waals surface area contributed by atoms with E-state index in [4.69, 9.17) is 5.11 Å². The van der Waals surface area contributed by atoms with Gasteiger partial charge in [0.1, 0.15) is 5.69 Å². The molecule has 0 radical (unpaired) electrons. The number of anilines is 1. The Labute approximate surface area is 110 Å². The van der Waals surface area contributed by atoms with Crippen molar-refractivity contribution >= 4 is 17.3 Å². The lowest BCUT2D eigenvalue weighted by Crippen LogP contribution is -2.23. The average Bonchev–Trinajstić information content (AvgIpc) is 2.43. The summed E-state index contributed by atoms with van der Waals surface area (Å²) in [4.78, 5) is 21.8. The number of hydrogen-bond donors (Lipinski definition) is 2. The molecule has 7 heteroatoms. The molecule has 0 amide bonds. The van der Waals surface area contributed by atoms with Crippen LogP contribution in [0.25, 0.3) is 0 Å². The molecule has 1 rings (SSSR count). The van der Waals surface area contributed by atoms with Crippen molar-refractivity contribution < 1.29 is 19.6 Å². The molecule has 1 unspecified atom stereocenters. The maximum absolute atomic E-state index is 11.4. The second kappa shape index (κ2) is 6.69. The lowest BCUT2D eigenvalue weighted by Gasteiger charge is -2.16. The Balaban J connectivity index is 3.15. The third kappa shape index (κ3) is 3.65. The number of rotatable bonds is 6. The molecule has 0 bridgehead atoms. The van der Waals surface area contributed by atoms with Crippen LogP contribution in [-0.4, -0.2) is 35.8 Å². The zero-order valence-corrected chi connectivity index (χ0v) is 10.8. The SMILES string of the molecule is CCC(CO)Nc1cc(C(=O)OC)ccc1[N+](=O)[O-]. The highest BCUT2D eigenvalue weighted by atomic mass is 16.6. The standard InChI is InChI=1S/C12H16N2O5/c1-3-9(7-15)13-10-6-8(12(16)19-2)4-5-11(10)14(17)18/h4-6,9,13,15H,3,7H2,1-2H3. The van der Waals surface area contributed by atoms with Crippen molar-refractivity contribution in [1.29, 1.82) is 0 Å². The van der Waals surface area contributed by atoms with Gasteiger partial charge in [-0.25, -0.2) is 4.79 Å². The second-order valence-corrected chi connectivity index (χ2v) is 3.91. The molecule has 0 saturated heterocycles. The quantitative estimate of drug-likeness (QED) is 0.461. The summed E-state index contributed by atoms with van der Waals surface area (Å²) in [5.74, 6) is -0.574. The number of benzene rings is 1. The Hall–Kier alpha value is -2.15. The predicted molar refractivity (Wildman–Crippen MR) is 69.2 cm³/mol. The van der Waals surface area contributed by atoms with Crippen molar-refractivity contribution in [2.45, 2.75) is 19.4 Å². The van der Waals surface area contributed by atoms with Crippen LogP contribution in [0.5, 0.6) is 0 Å². The highest BCUT2D eigenvalue weighted by Gasteiger charge is 2.19. The first-order valence-electron chi connectivity index (χ1n) is 5.77. The highest BCUT2D eigenvalue weighted by Crippen LogP contribution is 2.26. The summed E-state index contributed by atoms with van der Waals surface area (Å²) in [5, 5.41) is 22.9. The van der Waals surface area contributed by atoms with E-state index < -0.39 is 10.9 Å². The van der Waals surface area contributed by atoms with Crippen molar-refractivity contribution in [2.75, 3.05) is 19.0 Å². The van der Waals surface area contributed by atoms with E-state index >= 15 is 0 Å². The van der Waals surface area contributed by atoms with E-state index in [-0.39, 0.29) is 29.6 Å². The number of nitro benzene ring substituents is 1. The fourth-order valence-corrected chi connectivity index (χ4v) is 1.55. The second-order valence-electron chi connectivity index (χ2n) is 3.91. The van der Waals surface area contributed by atoms with E-state index in [1.165, 1.54) is 25.3 Å². The maximum Gasteiger partial charge on any atom is 0.337 e. The number of ether oxygens (including phenoxy) is 1. The van der Waals surface area contributed by atoms with Crippen LogP contribution in [0.4, 0.5) is 11.4 Å². The summed E-state index contributed by atoms with van der Waals surface area (Å²) < 4.78 is 4.56. The summed E-state index contributed by atoms with van der Waals surface area (Å²) in [6.07, 6.45) is 0.593.